The summed E-state index contributed by atoms with van der Waals surface area (Å²) in [5, 5.41) is 1.12. The number of amides is 2. The summed E-state index contributed by atoms with van der Waals surface area (Å²) in [5.41, 5.74) is 0.559. The number of nitrogens with zero attached hydrogens (tertiary/aromatic N) is 2. The zero-order valence-corrected chi connectivity index (χ0v) is 7.80. The van der Waals surface area contributed by atoms with E-state index in [1.807, 2.05) is 6.92 Å². The molecule has 0 spiro atoms. The summed E-state index contributed by atoms with van der Waals surface area (Å²) < 4.78 is 1.49. The molecule has 2 rings (SSSR count). The first-order chi connectivity index (χ1) is 6.74. The lowest BCUT2D eigenvalue weighted by Crippen LogP contribution is -2.39. The number of hydrogen-bond donors (Lipinski definition) is 0. The Bertz CT molecular complexity index is 404. The molecule has 0 bridgehead atoms. The molecule has 14 heavy (non-hydrogen) atoms. The molecule has 0 N–H and O–H groups in total. The molecule has 0 unspecified atom stereocenters. The Morgan fingerprint density at radius 2 is 1.86 bits per heavy atom. The normalized spacial score (nSPS) is 16.4. The van der Waals surface area contributed by atoms with Crippen LogP contribution in [0.25, 0.3) is 0 Å². The molecule has 0 saturated carbocycles. The van der Waals surface area contributed by atoms with Gasteiger partial charge in [-0.2, -0.15) is 5.01 Å². The first kappa shape index (κ1) is 8.74. The minimum absolute atomic E-state index is 0.228. The van der Waals surface area contributed by atoms with Crippen LogP contribution >= 0.6 is 0 Å². The molecule has 4 heteroatoms. The largest absolute Gasteiger partial charge is 0.276 e. The summed E-state index contributed by atoms with van der Waals surface area (Å²) in [5.74, 6) is -0.503. The van der Waals surface area contributed by atoms with Crippen LogP contribution in [0.4, 0.5) is 0 Å². The molecule has 1 aromatic rings. The summed E-state index contributed by atoms with van der Waals surface area (Å²) in [4.78, 5) is 23.1. The fraction of sp³-hybridized carbons (Fsp3) is 0.200. The van der Waals surface area contributed by atoms with E-state index >= 15 is 0 Å². The fourth-order valence-corrected chi connectivity index (χ4v) is 1.44. The van der Waals surface area contributed by atoms with Crippen LogP contribution in [-0.4, -0.2) is 16.5 Å². The standard InChI is InChI=1S/C10H10N2O2/c1-2-8-7-9(13)12(10(8)14)11-5-3-4-6-11/h3-7H,2H2,1H3. The van der Waals surface area contributed by atoms with Crippen molar-refractivity contribution in [1.82, 2.24) is 4.68 Å². The second-order valence-corrected chi connectivity index (χ2v) is 3.04. The van der Waals surface area contributed by atoms with Crippen LogP contribution in [0.1, 0.15) is 13.3 Å². The first-order valence-electron chi connectivity index (χ1n) is 4.46. The highest BCUT2D eigenvalue weighted by atomic mass is 16.2. The van der Waals surface area contributed by atoms with Crippen molar-refractivity contribution in [1.29, 1.82) is 0 Å². The zero-order chi connectivity index (χ0) is 10.1. The molecule has 0 atom stereocenters. The van der Waals surface area contributed by atoms with Gasteiger partial charge in [-0.15, -0.1) is 0 Å². The highest BCUT2D eigenvalue weighted by Gasteiger charge is 2.30. The predicted molar refractivity (Wildman–Crippen MR) is 51.0 cm³/mol. The maximum atomic E-state index is 11.7. The number of carbonyl (C=O) groups excluding carboxylic acids is 2. The Balaban J connectivity index is 2.34. The van der Waals surface area contributed by atoms with Gasteiger partial charge >= 0.3 is 0 Å². The summed E-state index contributed by atoms with van der Waals surface area (Å²) in [7, 11) is 0. The third-order valence-corrected chi connectivity index (χ3v) is 2.17. The Kier molecular flexibility index (Phi) is 1.96. The minimum atomic E-state index is -0.275. The van der Waals surface area contributed by atoms with E-state index in [0.717, 1.165) is 5.01 Å². The molecule has 1 aromatic heterocycles. The summed E-state index contributed by atoms with van der Waals surface area (Å²) in [6, 6.07) is 3.54. The highest BCUT2D eigenvalue weighted by molar-refractivity contribution is 6.26. The third kappa shape index (κ3) is 1.16. The van der Waals surface area contributed by atoms with Crippen LogP contribution in [0.15, 0.2) is 36.2 Å². The number of hydrogen-bond acceptors (Lipinski definition) is 2. The van der Waals surface area contributed by atoms with Crippen molar-refractivity contribution in [2.24, 2.45) is 0 Å². The maximum absolute atomic E-state index is 11.7. The monoisotopic (exact) mass is 190 g/mol. The molecule has 0 saturated heterocycles. The van der Waals surface area contributed by atoms with Crippen molar-refractivity contribution >= 4 is 11.8 Å². The number of aromatic nitrogens is 1. The molecule has 2 amide bonds. The molecule has 0 aromatic carbocycles. The third-order valence-electron chi connectivity index (χ3n) is 2.17. The molecule has 0 aliphatic carbocycles. The number of imide groups is 1. The second kappa shape index (κ2) is 3.14. The van der Waals surface area contributed by atoms with E-state index in [4.69, 9.17) is 0 Å². The van der Waals surface area contributed by atoms with Gasteiger partial charge in [-0.1, -0.05) is 6.92 Å². The van der Waals surface area contributed by atoms with E-state index in [9.17, 15) is 9.59 Å². The van der Waals surface area contributed by atoms with Crippen molar-refractivity contribution in [2.45, 2.75) is 13.3 Å². The molecular weight excluding hydrogens is 180 g/mol. The van der Waals surface area contributed by atoms with Crippen LogP contribution in [0.5, 0.6) is 0 Å². The highest BCUT2D eigenvalue weighted by Crippen LogP contribution is 2.14. The second-order valence-electron chi connectivity index (χ2n) is 3.04. The molecule has 0 fully saturated rings. The Hall–Kier alpha value is -1.84. The molecule has 1 aliphatic rings. The topological polar surface area (TPSA) is 42.3 Å². The fourth-order valence-electron chi connectivity index (χ4n) is 1.44. The van der Waals surface area contributed by atoms with Crippen molar-refractivity contribution in [3.63, 3.8) is 0 Å². The van der Waals surface area contributed by atoms with Gasteiger partial charge in [0.05, 0.1) is 0 Å². The Morgan fingerprint density at radius 1 is 1.21 bits per heavy atom. The van der Waals surface area contributed by atoms with E-state index in [1.54, 1.807) is 24.5 Å². The van der Waals surface area contributed by atoms with E-state index in [0.29, 0.717) is 12.0 Å². The van der Waals surface area contributed by atoms with Crippen molar-refractivity contribution in [2.75, 3.05) is 5.01 Å². The average Bonchev–Trinajstić information content (AvgIpc) is 2.74. The number of carbonyl (C=O) groups is 2. The van der Waals surface area contributed by atoms with E-state index in [1.165, 1.54) is 10.8 Å². The van der Waals surface area contributed by atoms with Gasteiger partial charge in [-0.05, 0) is 18.6 Å². The van der Waals surface area contributed by atoms with Crippen LogP contribution < -0.4 is 5.01 Å². The van der Waals surface area contributed by atoms with Crippen molar-refractivity contribution in [3.05, 3.63) is 36.2 Å². The Labute approximate surface area is 81.4 Å². The average molecular weight is 190 g/mol. The lowest BCUT2D eigenvalue weighted by molar-refractivity contribution is -0.122. The van der Waals surface area contributed by atoms with E-state index < -0.39 is 0 Å². The first-order valence-corrected chi connectivity index (χ1v) is 4.46. The molecule has 1 aliphatic heterocycles. The smallest absolute Gasteiger partial charge is 0.267 e. The van der Waals surface area contributed by atoms with Crippen LogP contribution in [0.2, 0.25) is 0 Å². The van der Waals surface area contributed by atoms with E-state index in [2.05, 4.69) is 0 Å². The summed E-state index contributed by atoms with van der Waals surface area (Å²) in [6.45, 7) is 1.86. The predicted octanol–water partition coefficient (Wildman–Crippen LogP) is 0.829. The lowest BCUT2D eigenvalue weighted by atomic mass is 10.2. The van der Waals surface area contributed by atoms with Crippen LogP contribution in [0.3, 0.4) is 0 Å². The van der Waals surface area contributed by atoms with Gasteiger partial charge in [-0.3, -0.25) is 14.3 Å². The van der Waals surface area contributed by atoms with E-state index in [-0.39, 0.29) is 11.8 Å². The summed E-state index contributed by atoms with van der Waals surface area (Å²) in [6.07, 6.45) is 5.31. The van der Waals surface area contributed by atoms with Gasteiger partial charge in [-0.25, -0.2) is 0 Å². The van der Waals surface area contributed by atoms with Crippen molar-refractivity contribution in [3.8, 4) is 0 Å². The molecule has 0 radical (unpaired) electrons. The Morgan fingerprint density at radius 3 is 2.36 bits per heavy atom. The molecule has 2 heterocycles. The van der Waals surface area contributed by atoms with Gasteiger partial charge in [0, 0.05) is 24.0 Å². The maximum Gasteiger partial charge on any atom is 0.276 e. The molecule has 4 nitrogen and oxygen atoms in total. The SMILES string of the molecule is CCC1=CC(=O)N(n2cccc2)C1=O. The van der Waals surface area contributed by atoms with Gasteiger partial charge in [0.1, 0.15) is 0 Å². The van der Waals surface area contributed by atoms with Crippen molar-refractivity contribution < 1.29 is 9.59 Å². The van der Waals surface area contributed by atoms with Crippen LogP contribution in [-0.2, 0) is 9.59 Å². The molecular formula is C10H10N2O2. The van der Waals surface area contributed by atoms with Gasteiger partial charge in [0.2, 0.25) is 0 Å². The summed E-state index contributed by atoms with van der Waals surface area (Å²) >= 11 is 0. The van der Waals surface area contributed by atoms with Gasteiger partial charge < -0.3 is 0 Å². The quantitative estimate of drug-likeness (QED) is 0.648. The van der Waals surface area contributed by atoms with Gasteiger partial charge in [0.15, 0.2) is 0 Å². The van der Waals surface area contributed by atoms with Gasteiger partial charge in [0.25, 0.3) is 11.8 Å². The number of rotatable bonds is 2. The minimum Gasteiger partial charge on any atom is -0.267 e. The van der Waals surface area contributed by atoms with Crippen LogP contribution in [0, 0.1) is 0 Å². The lowest BCUT2D eigenvalue weighted by Gasteiger charge is -2.15. The zero-order valence-electron chi connectivity index (χ0n) is 7.80. The molecule has 72 valence electrons.